The maximum absolute atomic E-state index is 12.7. The number of morpholine rings is 1. The molecule has 1 fully saturated rings. The van der Waals surface area contributed by atoms with Crippen LogP contribution in [-0.4, -0.2) is 49.5 Å². The summed E-state index contributed by atoms with van der Waals surface area (Å²) in [5, 5.41) is 6.94. The molecule has 170 valence electrons. The number of hydrogen-bond acceptors (Lipinski definition) is 8. The van der Waals surface area contributed by atoms with Crippen molar-refractivity contribution in [3.63, 3.8) is 0 Å². The van der Waals surface area contributed by atoms with E-state index in [9.17, 15) is 13.2 Å². The van der Waals surface area contributed by atoms with Crippen molar-refractivity contribution in [1.29, 1.82) is 0 Å². The van der Waals surface area contributed by atoms with Crippen molar-refractivity contribution < 1.29 is 17.9 Å². The minimum atomic E-state index is -3.68. The summed E-state index contributed by atoms with van der Waals surface area (Å²) in [6, 6.07) is 9.57. The van der Waals surface area contributed by atoms with Crippen LogP contribution in [0, 0.1) is 0 Å². The van der Waals surface area contributed by atoms with Crippen molar-refractivity contribution in [2.45, 2.75) is 36.8 Å². The van der Waals surface area contributed by atoms with Gasteiger partial charge < -0.3 is 4.74 Å². The molecule has 2 atom stereocenters. The molecule has 4 rings (SSSR count). The zero-order valence-electron chi connectivity index (χ0n) is 17.6. The van der Waals surface area contributed by atoms with Crippen LogP contribution < -0.4 is 10.0 Å². The lowest BCUT2D eigenvalue weighted by atomic mass is 10.2. The highest BCUT2D eigenvalue weighted by Crippen LogP contribution is 2.23. The van der Waals surface area contributed by atoms with Gasteiger partial charge in [-0.3, -0.25) is 19.7 Å². The van der Waals surface area contributed by atoms with E-state index in [0.717, 1.165) is 30.1 Å². The van der Waals surface area contributed by atoms with E-state index in [2.05, 4.69) is 33.8 Å². The van der Waals surface area contributed by atoms with Gasteiger partial charge in [0.2, 0.25) is 0 Å². The highest BCUT2D eigenvalue weighted by Gasteiger charge is 2.23. The molecule has 2 unspecified atom stereocenters. The molecule has 2 N–H and O–H groups in total. The number of sulfonamides is 1. The third-order valence-electron chi connectivity index (χ3n) is 4.79. The van der Waals surface area contributed by atoms with Gasteiger partial charge in [0.05, 0.1) is 17.9 Å². The first-order valence-electron chi connectivity index (χ1n) is 10.1. The monoisotopic (exact) mass is 492 g/mol. The standard InChI is InChI=1S/C21H24N4O4S3/c1-14-10-25(11-15(2)29-14)12-18-13-31-21(22-18)23-20(26)16-5-3-6-17(9-16)24-32(27,28)19-7-4-8-30-19/h3-9,13-15,24H,10-12H2,1-2H3,(H,22,23,26). The quantitative estimate of drug-likeness (QED) is 0.519. The number of rotatable bonds is 7. The summed E-state index contributed by atoms with van der Waals surface area (Å²) in [5.74, 6) is -0.350. The zero-order chi connectivity index (χ0) is 22.7. The molecule has 0 bridgehead atoms. The van der Waals surface area contributed by atoms with Crippen LogP contribution in [0.15, 0.2) is 51.4 Å². The van der Waals surface area contributed by atoms with E-state index in [1.165, 1.54) is 23.5 Å². The maximum atomic E-state index is 12.7. The fourth-order valence-electron chi connectivity index (χ4n) is 3.59. The van der Waals surface area contributed by atoms with E-state index in [1.54, 1.807) is 29.6 Å². The number of aromatic nitrogens is 1. The minimum Gasteiger partial charge on any atom is -0.373 e. The number of benzene rings is 1. The van der Waals surface area contributed by atoms with Gasteiger partial charge in [-0.1, -0.05) is 12.1 Å². The third-order valence-corrected chi connectivity index (χ3v) is 8.38. The molecule has 11 heteroatoms. The average molecular weight is 493 g/mol. The predicted octanol–water partition coefficient (Wildman–Crippen LogP) is 3.87. The number of ether oxygens (including phenoxy) is 1. The summed E-state index contributed by atoms with van der Waals surface area (Å²) in [6.07, 6.45) is 0.363. The van der Waals surface area contributed by atoms with Crippen molar-refractivity contribution in [3.05, 3.63) is 58.4 Å². The first-order valence-corrected chi connectivity index (χ1v) is 13.3. The number of nitrogens with one attached hydrogen (secondary N) is 2. The summed E-state index contributed by atoms with van der Waals surface area (Å²) in [4.78, 5) is 19.5. The van der Waals surface area contributed by atoms with Crippen molar-refractivity contribution in [2.75, 3.05) is 23.1 Å². The van der Waals surface area contributed by atoms with Crippen molar-refractivity contribution in [2.24, 2.45) is 0 Å². The lowest BCUT2D eigenvalue weighted by molar-refractivity contribution is -0.0707. The van der Waals surface area contributed by atoms with E-state index in [0.29, 0.717) is 22.9 Å². The van der Waals surface area contributed by atoms with E-state index < -0.39 is 10.0 Å². The number of thiazole rings is 1. The second-order valence-electron chi connectivity index (χ2n) is 7.67. The van der Waals surface area contributed by atoms with Gasteiger partial charge in [-0.05, 0) is 43.5 Å². The molecule has 0 radical (unpaired) electrons. The molecule has 32 heavy (non-hydrogen) atoms. The molecule has 2 aromatic heterocycles. The van der Waals surface area contributed by atoms with Gasteiger partial charge >= 0.3 is 0 Å². The fourth-order valence-corrected chi connectivity index (χ4v) is 6.33. The Bertz CT molecular complexity index is 1170. The Labute approximate surface area is 195 Å². The van der Waals surface area contributed by atoms with Gasteiger partial charge in [0.25, 0.3) is 15.9 Å². The normalized spacial score (nSPS) is 19.6. The molecule has 1 aliphatic heterocycles. The van der Waals surface area contributed by atoms with Crippen LogP contribution in [0.1, 0.15) is 29.9 Å². The smallest absolute Gasteiger partial charge is 0.271 e. The van der Waals surface area contributed by atoms with Crippen LogP contribution in [0.3, 0.4) is 0 Å². The lowest BCUT2D eigenvalue weighted by Crippen LogP contribution is -2.44. The van der Waals surface area contributed by atoms with Crippen LogP contribution >= 0.6 is 22.7 Å². The highest BCUT2D eigenvalue weighted by molar-refractivity contribution is 7.94. The maximum Gasteiger partial charge on any atom is 0.271 e. The largest absolute Gasteiger partial charge is 0.373 e. The van der Waals surface area contributed by atoms with Gasteiger partial charge in [-0.15, -0.1) is 22.7 Å². The van der Waals surface area contributed by atoms with Crippen LogP contribution in [-0.2, 0) is 21.3 Å². The topological polar surface area (TPSA) is 101 Å². The zero-order valence-corrected chi connectivity index (χ0v) is 20.1. The van der Waals surface area contributed by atoms with E-state index in [1.807, 2.05) is 5.38 Å². The van der Waals surface area contributed by atoms with Gasteiger partial charge in [-0.25, -0.2) is 13.4 Å². The van der Waals surface area contributed by atoms with Crippen molar-refractivity contribution >= 4 is 49.4 Å². The summed E-state index contributed by atoms with van der Waals surface area (Å²) in [5.41, 5.74) is 1.55. The third kappa shape index (κ3) is 5.73. The molecular weight excluding hydrogens is 468 g/mol. The van der Waals surface area contributed by atoms with E-state index >= 15 is 0 Å². The number of carbonyl (C=O) groups excluding carboxylic acids is 1. The van der Waals surface area contributed by atoms with Gasteiger partial charge in [-0.2, -0.15) is 0 Å². The molecule has 3 aromatic rings. The first kappa shape index (κ1) is 22.9. The molecule has 1 aromatic carbocycles. The molecular formula is C21H24N4O4S3. The Hall–Kier alpha value is -2.31. The molecule has 1 saturated heterocycles. The number of hydrogen-bond donors (Lipinski definition) is 2. The molecule has 3 heterocycles. The Morgan fingerprint density at radius 2 is 1.97 bits per heavy atom. The first-order chi connectivity index (χ1) is 15.3. The molecule has 0 spiro atoms. The van der Waals surface area contributed by atoms with Crippen molar-refractivity contribution in [1.82, 2.24) is 9.88 Å². The van der Waals surface area contributed by atoms with Gasteiger partial charge in [0.15, 0.2) is 5.13 Å². The molecule has 1 aliphatic rings. The number of anilines is 2. The fraction of sp³-hybridized carbons (Fsp3) is 0.333. The van der Waals surface area contributed by atoms with Crippen LogP contribution in [0.2, 0.25) is 0 Å². The van der Waals surface area contributed by atoms with Crippen LogP contribution in [0.4, 0.5) is 10.8 Å². The Morgan fingerprint density at radius 3 is 2.69 bits per heavy atom. The van der Waals surface area contributed by atoms with Crippen LogP contribution in [0.5, 0.6) is 0 Å². The second-order valence-corrected chi connectivity index (χ2v) is 11.4. The number of amides is 1. The Kier molecular flexibility index (Phi) is 6.91. The molecule has 0 saturated carbocycles. The SMILES string of the molecule is CC1CN(Cc2csc(NC(=O)c3cccc(NS(=O)(=O)c4cccs4)c3)n2)CC(C)O1. The summed E-state index contributed by atoms with van der Waals surface area (Å²) in [7, 11) is -3.68. The molecule has 1 amide bonds. The lowest BCUT2D eigenvalue weighted by Gasteiger charge is -2.34. The number of thiophene rings is 1. The van der Waals surface area contributed by atoms with E-state index in [4.69, 9.17) is 4.74 Å². The highest BCUT2D eigenvalue weighted by atomic mass is 32.2. The van der Waals surface area contributed by atoms with Gasteiger partial charge in [0, 0.05) is 36.3 Å². The van der Waals surface area contributed by atoms with E-state index in [-0.39, 0.29) is 22.3 Å². The second kappa shape index (κ2) is 9.67. The molecule has 0 aliphatic carbocycles. The Morgan fingerprint density at radius 1 is 1.19 bits per heavy atom. The van der Waals surface area contributed by atoms with Gasteiger partial charge in [0.1, 0.15) is 4.21 Å². The number of nitrogens with zero attached hydrogens (tertiary/aromatic N) is 2. The molecule has 8 nitrogen and oxygen atoms in total. The summed E-state index contributed by atoms with van der Waals surface area (Å²) < 4.78 is 33.3. The minimum absolute atomic E-state index is 0.182. The van der Waals surface area contributed by atoms with Crippen LogP contribution in [0.25, 0.3) is 0 Å². The predicted molar refractivity (Wildman–Crippen MR) is 127 cm³/mol. The summed E-state index contributed by atoms with van der Waals surface area (Å²) >= 11 is 2.49. The summed E-state index contributed by atoms with van der Waals surface area (Å²) in [6.45, 7) is 6.51. The van der Waals surface area contributed by atoms with Crippen molar-refractivity contribution in [3.8, 4) is 0 Å². The Balaban J connectivity index is 1.39. The average Bonchev–Trinajstić information content (AvgIpc) is 3.40. The number of carbonyl (C=O) groups is 1.